The summed E-state index contributed by atoms with van der Waals surface area (Å²) >= 11 is 1.64. The lowest BCUT2D eigenvalue weighted by Gasteiger charge is -2.26. The van der Waals surface area contributed by atoms with E-state index in [0.29, 0.717) is 37.6 Å². The Hall–Kier alpha value is -3.36. The second-order valence-corrected chi connectivity index (χ2v) is 9.21. The largest absolute Gasteiger partial charge is 0.493 e. The van der Waals surface area contributed by atoms with E-state index in [-0.39, 0.29) is 18.5 Å². The molecule has 0 bridgehead atoms. The van der Waals surface area contributed by atoms with Crippen molar-refractivity contribution >= 4 is 23.0 Å². The Morgan fingerprint density at radius 1 is 1.12 bits per heavy atom. The molecule has 3 aromatic rings. The van der Waals surface area contributed by atoms with Crippen molar-refractivity contribution in [3.63, 3.8) is 0 Å². The van der Waals surface area contributed by atoms with Crippen LogP contribution in [0, 0.1) is 0 Å². The second-order valence-electron chi connectivity index (χ2n) is 8.26. The van der Waals surface area contributed by atoms with Crippen molar-refractivity contribution in [2.75, 3.05) is 33.9 Å². The Balaban J connectivity index is 1.41. The molecule has 7 nitrogen and oxygen atoms in total. The van der Waals surface area contributed by atoms with Gasteiger partial charge in [0.05, 0.1) is 37.4 Å². The van der Waals surface area contributed by atoms with Gasteiger partial charge in [-0.25, -0.2) is 5.01 Å². The minimum atomic E-state index is -0.208. The van der Waals surface area contributed by atoms with Crippen LogP contribution in [-0.2, 0) is 11.3 Å². The van der Waals surface area contributed by atoms with Gasteiger partial charge >= 0.3 is 0 Å². The van der Waals surface area contributed by atoms with E-state index in [0.717, 1.165) is 27.5 Å². The molecule has 0 radical (unpaired) electrons. The predicted octanol–water partition coefficient (Wildman–Crippen LogP) is 4.34. The minimum absolute atomic E-state index is 0.0364. The SMILES string of the molecule is COc1ccc(C2CC(c3cccs3)=NN2C(=O)CN2CCOc3ccccc3C2)cc1OC. The van der Waals surface area contributed by atoms with Gasteiger partial charge in [-0.05, 0) is 35.2 Å². The van der Waals surface area contributed by atoms with Crippen molar-refractivity contribution in [3.8, 4) is 17.2 Å². The van der Waals surface area contributed by atoms with Gasteiger partial charge in [-0.3, -0.25) is 9.69 Å². The number of thiophene rings is 1. The van der Waals surface area contributed by atoms with Gasteiger partial charge in [0.25, 0.3) is 5.91 Å². The third-order valence-corrected chi connectivity index (χ3v) is 7.07. The highest BCUT2D eigenvalue weighted by molar-refractivity contribution is 7.12. The Morgan fingerprint density at radius 3 is 2.76 bits per heavy atom. The monoisotopic (exact) mass is 477 g/mol. The van der Waals surface area contributed by atoms with Gasteiger partial charge in [-0.2, -0.15) is 5.10 Å². The van der Waals surface area contributed by atoms with Crippen molar-refractivity contribution in [2.24, 2.45) is 5.10 Å². The number of hydrogen-bond acceptors (Lipinski definition) is 7. The molecular weight excluding hydrogens is 450 g/mol. The smallest absolute Gasteiger partial charge is 0.257 e. The van der Waals surface area contributed by atoms with Crippen LogP contribution in [0.15, 0.2) is 65.1 Å². The van der Waals surface area contributed by atoms with E-state index < -0.39 is 0 Å². The molecule has 1 amide bonds. The molecule has 5 rings (SSSR count). The normalized spacial score (nSPS) is 18.0. The maximum Gasteiger partial charge on any atom is 0.257 e. The molecule has 34 heavy (non-hydrogen) atoms. The van der Waals surface area contributed by atoms with Gasteiger partial charge in [0.2, 0.25) is 0 Å². The molecule has 176 valence electrons. The van der Waals surface area contributed by atoms with Crippen LogP contribution in [0.2, 0.25) is 0 Å². The van der Waals surface area contributed by atoms with Gasteiger partial charge in [0.15, 0.2) is 11.5 Å². The summed E-state index contributed by atoms with van der Waals surface area (Å²) < 4.78 is 16.8. The van der Waals surface area contributed by atoms with E-state index in [2.05, 4.69) is 4.90 Å². The third-order valence-electron chi connectivity index (χ3n) is 6.15. The van der Waals surface area contributed by atoms with Crippen LogP contribution in [0.5, 0.6) is 17.2 Å². The number of rotatable bonds is 6. The van der Waals surface area contributed by atoms with E-state index in [1.807, 2.05) is 60.0 Å². The molecule has 0 fully saturated rings. The Morgan fingerprint density at radius 2 is 1.97 bits per heavy atom. The van der Waals surface area contributed by atoms with Crippen LogP contribution in [-0.4, -0.2) is 55.4 Å². The van der Waals surface area contributed by atoms with Crippen molar-refractivity contribution in [1.29, 1.82) is 0 Å². The zero-order chi connectivity index (χ0) is 23.5. The van der Waals surface area contributed by atoms with E-state index in [1.165, 1.54) is 0 Å². The number of hydrazone groups is 1. The molecule has 1 aromatic heterocycles. The number of carbonyl (C=O) groups excluding carboxylic acids is 1. The summed E-state index contributed by atoms with van der Waals surface area (Å²) in [5.74, 6) is 2.15. The fourth-order valence-electron chi connectivity index (χ4n) is 4.43. The van der Waals surface area contributed by atoms with Gasteiger partial charge < -0.3 is 14.2 Å². The topological polar surface area (TPSA) is 63.6 Å². The lowest BCUT2D eigenvalue weighted by molar-refractivity contribution is -0.134. The number of methoxy groups -OCH3 is 2. The van der Waals surface area contributed by atoms with Crippen molar-refractivity contribution in [1.82, 2.24) is 9.91 Å². The van der Waals surface area contributed by atoms with Gasteiger partial charge in [0.1, 0.15) is 12.4 Å². The number of amides is 1. The minimum Gasteiger partial charge on any atom is -0.493 e. The molecular formula is C26H27N3O4S. The first kappa shape index (κ1) is 22.4. The molecule has 0 saturated heterocycles. The molecule has 1 unspecified atom stereocenters. The molecule has 3 heterocycles. The average molecular weight is 478 g/mol. The second kappa shape index (κ2) is 9.87. The quantitative estimate of drug-likeness (QED) is 0.529. The number of hydrogen-bond donors (Lipinski definition) is 0. The standard InChI is InChI=1S/C26H27N3O4S/c1-31-23-10-9-18(14-24(23)32-2)21-15-20(25-8-5-13-34-25)27-29(21)26(30)17-28-11-12-33-22-7-4-3-6-19(22)16-28/h3-10,13-14,21H,11-12,15-17H2,1-2H3. The number of ether oxygens (including phenoxy) is 3. The number of benzene rings is 2. The highest BCUT2D eigenvalue weighted by Gasteiger charge is 2.35. The summed E-state index contributed by atoms with van der Waals surface area (Å²) in [4.78, 5) is 16.8. The van der Waals surface area contributed by atoms with Crippen LogP contribution in [0.4, 0.5) is 0 Å². The molecule has 0 spiro atoms. The van der Waals surface area contributed by atoms with Crippen molar-refractivity contribution in [3.05, 3.63) is 76.0 Å². The molecule has 1 atom stereocenters. The van der Waals surface area contributed by atoms with Crippen LogP contribution in [0.25, 0.3) is 0 Å². The van der Waals surface area contributed by atoms with Gasteiger partial charge in [0, 0.05) is 25.1 Å². The maximum atomic E-state index is 13.6. The average Bonchev–Trinajstić information content (AvgIpc) is 3.51. The number of carbonyl (C=O) groups is 1. The van der Waals surface area contributed by atoms with Crippen molar-refractivity contribution in [2.45, 2.75) is 19.0 Å². The third kappa shape index (κ3) is 4.51. The molecule has 2 aliphatic heterocycles. The lowest BCUT2D eigenvalue weighted by Crippen LogP contribution is -2.38. The molecule has 0 saturated carbocycles. The first-order valence-corrected chi connectivity index (χ1v) is 12.1. The summed E-state index contributed by atoms with van der Waals surface area (Å²) in [6, 6.07) is 17.6. The number of para-hydroxylation sites is 1. The number of fused-ring (bicyclic) bond motifs is 1. The molecule has 2 aromatic carbocycles. The summed E-state index contributed by atoms with van der Waals surface area (Å²) in [5.41, 5.74) is 2.98. The number of nitrogens with zero attached hydrogens (tertiary/aromatic N) is 3. The summed E-state index contributed by atoms with van der Waals surface area (Å²) in [6.07, 6.45) is 0.647. The van der Waals surface area contributed by atoms with E-state index in [1.54, 1.807) is 30.6 Å². The fourth-order valence-corrected chi connectivity index (χ4v) is 5.15. The molecule has 2 aliphatic rings. The Bertz CT molecular complexity index is 1190. The summed E-state index contributed by atoms with van der Waals surface area (Å²) in [6.45, 7) is 2.16. The van der Waals surface area contributed by atoms with Crippen molar-refractivity contribution < 1.29 is 19.0 Å². The zero-order valence-electron chi connectivity index (χ0n) is 19.3. The first-order valence-electron chi connectivity index (χ1n) is 11.2. The highest BCUT2D eigenvalue weighted by atomic mass is 32.1. The van der Waals surface area contributed by atoms with Crippen LogP contribution < -0.4 is 14.2 Å². The first-order chi connectivity index (χ1) is 16.7. The fraction of sp³-hybridized carbons (Fsp3) is 0.308. The van der Waals surface area contributed by atoms with Gasteiger partial charge in [-0.1, -0.05) is 30.3 Å². The van der Waals surface area contributed by atoms with Crippen LogP contribution in [0.3, 0.4) is 0 Å². The molecule has 0 aliphatic carbocycles. The van der Waals surface area contributed by atoms with E-state index in [9.17, 15) is 4.79 Å². The Labute approximate surface area is 203 Å². The summed E-state index contributed by atoms with van der Waals surface area (Å²) in [5, 5.41) is 8.48. The molecule has 0 N–H and O–H groups in total. The molecule has 8 heteroatoms. The van der Waals surface area contributed by atoms with Crippen LogP contribution in [0.1, 0.15) is 28.5 Å². The van der Waals surface area contributed by atoms with E-state index in [4.69, 9.17) is 19.3 Å². The maximum absolute atomic E-state index is 13.6. The predicted molar refractivity (Wildman–Crippen MR) is 132 cm³/mol. The Kier molecular flexibility index (Phi) is 6.51. The zero-order valence-corrected chi connectivity index (χ0v) is 20.1. The van der Waals surface area contributed by atoms with E-state index >= 15 is 0 Å². The highest BCUT2D eigenvalue weighted by Crippen LogP contribution is 2.38. The van der Waals surface area contributed by atoms with Crippen LogP contribution >= 0.6 is 11.3 Å². The summed E-state index contributed by atoms with van der Waals surface area (Å²) in [7, 11) is 3.23. The lowest BCUT2D eigenvalue weighted by atomic mass is 10.0. The van der Waals surface area contributed by atoms with Gasteiger partial charge in [-0.15, -0.1) is 11.3 Å².